The first kappa shape index (κ1) is 14.4. The molecule has 0 amide bonds. The quantitative estimate of drug-likeness (QED) is 0.904. The van der Waals surface area contributed by atoms with E-state index in [0.29, 0.717) is 23.0 Å². The number of nitrogens with one attached hydrogen (secondary N) is 1. The predicted octanol–water partition coefficient (Wildman–Crippen LogP) is 1.95. The van der Waals surface area contributed by atoms with Crippen LogP contribution in [-0.4, -0.2) is 22.1 Å². The van der Waals surface area contributed by atoms with Gasteiger partial charge in [0.25, 0.3) is 5.56 Å². The molecule has 17 heavy (non-hydrogen) atoms. The van der Waals surface area contributed by atoms with Crippen LogP contribution in [0.25, 0.3) is 0 Å². The van der Waals surface area contributed by atoms with Crippen molar-refractivity contribution in [3.05, 3.63) is 26.8 Å². The summed E-state index contributed by atoms with van der Waals surface area (Å²) in [6.45, 7) is 9.77. The van der Waals surface area contributed by atoms with Gasteiger partial charge in [0.15, 0.2) is 0 Å². The Bertz CT molecular complexity index is 428. The van der Waals surface area contributed by atoms with Crippen molar-refractivity contribution >= 4 is 15.9 Å². The highest BCUT2D eigenvalue weighted by Gasteiger charge is 2.08. The van der Waals surface area contributed by atoms with E-state index in [1.54, 1.807) is 10.8 Å². The maximum atomic E-state index is 11.8. The van der Waals surface area contributed by atoms with Gasteiger partial charge in [-0.2, -0.15) is 0 Å². The molecule has 0 bridgehead atoms. The maximum absolute atomic E-state index is 11.8. The molecule has 1 aromatic heterocycles. The molecular weight excluding hydrogens is 282 g/mol. The minimum atomic E-state index is -0.0171. The number of rotatable bonds is 5. The SMILES string of the molecule is Cc1ncc(Br)c(=O)n1CCNC(C)C(C)C. The van der Waals surface area contributed by atoms with Crippen LogP contribution in [0.15, 0.2) is 15.5 Å². The van der Waals surface area contributed by atoms with Crippen molar-refractivity contribution in [3.8, 4) is 0 Å². The van der Waals surface area contributed by atoms with Gasteiger partial charge in [-0.25, -0.2) is 4.98 Å². The molecular formula is C12H20BrN3O. The average Bonchev–Trinajstić information content (AvgIpc) is 2.28. The minimum absolute atomic E-state index is 0.0171. The Morgan fingerprint density at radius 3 is 2.71 bits per heavy atom. The molecule has 1 atom stereocenters. The van der Waals surface area contributed by atoms with Gasteiger partial charge in [-0.3, -0.25) is 9.36 Å². The van der Waals surface area contributed by atoms with Gasteiger partial charge >= 0.3 is 0 Å². The molecule has 0 spiro atoms. The van der Waals surface area contributed by atoms with Crippen LogP contribution in [-0.2, 0) is 6.54 Å². The van der Waals surface area contributed by atoms with Crippen LogP contribution in [0.3, 0.4) is 0 Å². The van der Waals surface area contributed by atoms with Crippen LogP contribution in [0.1, 0.15) is 26.6 Å². The zero-order chi connectivity index (χ0) is 13.0. The molecule has 0 aromatic carbocycles. The number of halogens is 1. The first-order chi connectivity index (χ1) is 7.93. The van der Waals surface area contributed by atoms with Gasteiger partial charge in [0.05, 0.1) is 0 Å². The summed E-state index contributed by atoms with van der Waals surface area (Å²) in [5.41, 5.74) is -0.0171. The zero-order valence-electron chi connectivity index (χ0n) is 10.8. The summed E-state index contributed by atoms with van der Waals surface area (Å²) in [6, 6.07) is 0.450. The van der Waals surface area contributed by atoms with Crippen LogP contribution in [0.5, 0.6) is 0 Å². The lowest BCUT2D eigenvalue weighted by molar-refractivity contribution is 0.412. The highest BCUT2D eigenvalue weighted by atomic mass is 79.9. The van der Waals surface area contributed by atoms with E-state index in [4.69, 9.17) is 0 Å². The van der Waals surface area contributed by atoms with Crippen molar-refractivity contribution in [2.24, 2.45) is 5.92 Å². The smallest absolute Gasteiger partial charge is 0.267 e. The molecule has 4 nitrogen and oxygen atoms in total. The second-order valence-electron chi connectivity index (χ2n) is 4.60. The van der Waals surface area contributed by atoms with Crippen molar-refractivity contribution in [1.82, 2.24) is 14.9 Å². The van der Waals surface area contributed by atoms with Gasteiger partial charge in [-0.15, -0.1) is 0 Å². The van der Waals surface area contributed by atoms with Crippen LogP contribution in [0, 0.1) is 12.8 Å². The highest BCUT2D eigenvalue weighted by Crippen LogP contribution is 2.02. The lowest BCUT2D eigenvalue weighted by atomic mass is 10.1. The minimum Gasteiger partial charge on any atom is -0.312 e. The Morgan fingerprint density at radius 1 is 1.47 bits per heavy atom. The van der Waals surface area contributed by atoms with E-state index in [9.17, 15) is 4.79 Å². The summed E-state index contributed by atoms with van der Waals surface area (Å²) in [5, 5.41) is 3.40. The average molecular weight is 302 g/mol. The summed E-state index contributed by atoms with van der Waals surface area (Å²) in [4.78, 5) is 16.0. The van der Waals surface area contributed by atoms with E-state index < -0.39 is 0 Å². The summed E-state index contributed by atoms with van der Waals surface area (Å²) >= 11 is 3.21. The Morgan fingerprint density at radius 2 is 2.12 bits per heavy atom. The molecule has 0 saturated carbocycles. The molecule has 0 fully saturated rings. The fourth-order valence-electron chi connectivity index (χ4n) is 1.45. The Balaban J connectivity index is 2.64. The monoisotopic (exact) mass is 301 g/mol. The topological polar surface area (TPSA) is 46.9 Å². The third-order valence-electron chi connectivity index (χ3n) is 3.01. The largest absolute Gasteiger partial charge is 0.312 e. The van der Waals surface area contributed by atoms with Crippen molar-refractivity contribution in [2.45, 2.75) is 40.3 Å². The number of hydrogen-bond acceptors (Lipinski definition) is 3. The number of aryl methyl sites for hydroxylation is 1. The second kappa shape index (κ2) is 6.31. The predicted molar refractivity (Wildman–Crippen MR) is 73.2 cm³/mol. The zero-order valence-corrected chi connectivity index (χ0v) is 12.4. The van der Waals surface area contributed by atoms with Crippen LogP contribution in [0.2, 0.25) is 0 Å². The van der Waals surface area contributed by atoms with Crippen LogP contribution in [0.4, 0.5) is 0 Å². The lowest BCUT2D eigenvalue weighted by Gasteiger charge is -2.18. The van der Waals surface area contributed by atoms with Gasteiger partial charge in [0.1, 0.15) is 10.3 Å². The molecule has 0 aliphatic rings. The van der Waals surface area contributed by atoms with Gasteiger partial charge in [-0.05, 0) is 35.7 Å². The molecule has 96 valence electrons. The molecule has 1 heterocycles. The van der Waals surface area contributed by atoms with Crippen molar-refractivity contribution in [2.75, 3.05) is 6.54 Å². The van der Waals surface area contributed by atoms with Gasteiger partial charge in [-0.1, -0.05) is 13.8 Å². The van der Waals surface area contributed by atoms with Crippen molar-refractivity contribution in [3.63, 3.8) is 0 Å². The standard InChI is InChI=1S/C12H20BrN3O/c1-8(2)9(3)14-5-6-16-10(4)15-7-11(13)12(16)17/h7-9,14H,5-6H2,1-4H3. The molecule has 5 heteroatoms. The lowest BCUT2D eigenvalue weighted by Crippen LogP contribution is -2.36. The van der Waals surface area contributed by atoms with E-state index in [1.807, 2.05) is 6.92 Å². The Kier molecular flexibility index (Phi) is 5.33. The van der Waals surface area contributed by atoms with E-state index >= 15 is 0 Å². The molecule has 1 rings (SSSR count). The highest BCUT2D eigenvalue weighted by molar-refractivity contribution is 9.10. The summed E-state index contributed by atoms with van der Waals surface area (Å²) < 4.78 is 2.20. The van der Waals surface area contributed by atoms with Crippen LogP contribution >= 0.6 is 15.9 Å². The van der Waals surface area contributed by atoms with Gasteiger partial charge in [0, 0.05) is 25.3 Å². The molecule has 0 aliphatic carbocycles. The van der Waals surface area contributed by atoms with Crippen molar-refractivity contribution in [1.29, 1.82) is 0 Å². The number of aromatic nitrogens is 2. The molecule has 1 unspecified atom stereocenters. The maximum Gasteiger partial charge on any atom is 0.267 e. The third kappa shape index (κ3) is 3.92. The first-order valence-corrected chi connectivity index (χ1v) is 6.68. The Hall–Kier alpha value is -0.680. The third-order valence-corrected chi connectivity index (χ3v) is 3.55. The molecule has 0 radical (unpaired) electrons. The molecule has 1 aromatic rings. The van der Waals surface area contributed by atoms with E-state index in [2.05, 4.69) is 47.0 Å². The van der Waals surface area contributed by atoms with E-state index in [0.717, 1.165) is 12.4 Å². The fraction of sp³-hybridized carbons (Fsp3) is 0.667. The number of nitrogens with zero attached hydrogens (tertiary/aromatic N) is 2. The van der Waals surface area contributed by atoms with Gasteiger partial charge < -0.3 is 5.32 Å². The molecule has 0 aliphatic heterocycles. The van der Waals surface area contributed by atoms with E-state index in [1.165, 1.54) is 0 Å². The Labute approximate surface area is 111 Å². The van der Waals surface area contributed by atoms with Crippen molar-refractivity contribution < 1.29 is 0 Å². The second-order valence-corrected chi connectivity index (χ2v) is 5.45. The molecule has 1 N–H and O–H groups in total. The van der Waals surface area contributed by atoms with E-state index in [-0.39, 0.29) is 5.56 Å². The number of hydrogen-bond donors (Lipinski definition) is 1. The van der Waals surface area contributed by atoms with Crippen LogP contribution < -0.4 is 10.9 Å². The fourth-order valence-corrected chi connectivity index (χ4v) is 1.77. The molecule has 0 saturated heterocycles. The van der Waals surface area contributed by atoms with Gasteiger partial charge in [0.2, 0.25) is 0 Å². The normalized spacial score (nSPS) is 13.1. The summed E-state index contributed by atoms with van der Waals surface area (Å²) in [6.07, 6.45) is 1.55. The summed E-state index contributed by atoms with van der Waals surface area (Å²) in [5.74, 6) is 1.34. The summed E-state index contributed by atoms with van der Waals surface area (Å²) in [7, 11) is 0. The first-order valence-electron chi connectivity index (χ1n) is 5.88.